The van der Waals surface area contributed by atoms with Crippen LogP contribution in [0.1, 0.15) is 30.1 Å². The summed E-state index contributed by atoms with van der Waals surface area (Å²) in [7, 11) is 2.09. The standard InChI is InChI=1S/C14H17ClN4O2/c1-8(20)10-6-11(15)17-13-12(10)21-14(18-13)16-9-4-3-5-19(2)7-9/h6,9H,3-5,7H2,1-2H3,(H,16,17,18)/t9-/m1/s1. The van der Waals surface area contributed by atoms with Crippen LogP contribution in [-0.4, -0.2) is 46.8 Å². The van der Waals surface area contributed by atoms with Gasteiger partial charge in [-0.3, -0.25) is 4.79 Å². The monoisotopic (exact) mass is 308 g/mol. The number of anilines is 1. The van der Waals surface area contributed by atoms with Crippen molar-refractivity contribution in [1.29, 1.82) is 0 Å². The second kappa shape index (κ2) is 5.61. The molecule has 1 aliphatic rings. The lowest BCUT2D eigenvalue weighted by molar-refractivity contribution is 0.101. The Balaban J connectivity index is 1.90. The molecule has 0 spiro atoms. The number of carbonyl (C=O) groups excluding carboxylic acids is 1. The van der Waals surface area contributed by atoms with Gasteiger partial charge in [0.1, 0.15) is 5.15 Å². The molecule has 2 aromatic rings. The maximum absolute atomic E-state index is 11.7. The van der Waals surface area contributed by atoms with Gasteiger partial charge in [0, 0.05) is 12.6 Å². The van der Waals surface area contributed by atoms with E-state index in [1.165, 1.54) is 13.0 Å². The molecule has 1 fully saturated rings. The molecule has 0 aliphatic carbocycles. The predicted molar refractivity (Wildman–Crippen MR) is 81.0 cm³/mol. The second-order valence-corrected chi connectivity index (χ2v) is 5.85. The van der Waals surface area contributed by atoms with Crippen molar-refractivity contribution in [2.75, 3.05) is 25.5 Å². The lowest BCUT2D eigenvalue weighted by atomic mass is 10.1. The summed E-state index contributed by atoms with van der Waals surface area (Å²) < 4.78 is 5.67. The number of piperidine rings is 1. The van der Waals surface area contributed by atoms with Crippen molar-refractivity contribution in [2.45, 2.75) is 25.8 Å². The van der Waals surface area contributed by atoms with Gasteiger partial charge in [-0.2, -0.15) is 4.98 Å². The zero-order chi connectivity index (χ0) is 15.0. The van der Waals surface area contributed by atoms with Gasteiger partial charge in [0.25, 0.3) is 6.01 Å². The molecule has 7 heteroatoms. The first-order valence-electron chi connectivity index (χ1n) is 6.96. The highest BCUT2D eigenvalue weighted by atomic mass is 35.5. The van der Waals surface area contributed by atoms with E-state index in [0.717, 1.165) is 25.9 Å². The zero-order valence-corrected chi connectivity index (χ0v) is 12.8. The third kappa shape index (κ3) is 3.01. The maximum atomic E-state index is 11.7. The summed E-state index contributed by atoms with van der Waals surface area (Å²) in [5.41, 5.74) is 1.16. The number of ketones is 1. The number of nitrogens with zero attached hydrogens (tertiary/aromatic N) is 3. The number of hydrogen-bond acceptors (Lipinski definition) is 6. The third-order valence-electron chi connectivity index (χ3n) is 3.66. The molecule has 0 aromatic carbocycles. The Morgan fingerprint density at radius 2 is 2.33 bits per heavy atom. The summed E-state index contributed by atoms with van der Waals surface area (Å²) in [5, 5.41) is 3.51. The van der Waals surface area contributed by atoms with Crippen LogP contribution in [0.5, 0.6) is 0 Å². The lowest BCUT2D eigenvalue weighted by Gasteiger charge is -2.29. The lowest BCUT2D eigenvalue weighted by Crippen LogP contribution is -2.39. The number of nitrogens with one attached hydrogen (secondary N) is 1. The smallest absolute Gasteiger partial charge is 0.297 e. The van der Waals surface area contributed by atoms with Gasteiger partial charge in [-0.1, -0.05) is 11.6 Å². The van der Waals surface area contributed by atoms with Crippen LogP contribution in [0.2, 0.25) is 5.15 Å². The number of Topliss-reactive ketones (excluding diaryl/α,β-unsaturated/α-hetero) is 1. The average Bonchev–Trinajstić information content (AvgIpc) is 2.79. The van der Waals surface area contributed by atoms with E-state index >= 15 is 0 Å². The second-order valence-electron chi connectivity index (χ2n) is 5.47. The predicted octanol–water partition coefficient (Wildman–Crippen LogP) is 2.58. The van der Waals surface area contributed by atoms with Crippen LogP contribution < -0.4 is 5.32 Å². The summed E-state index contributed by atoms with van der Waals surface area (Å²) in [5.74, 6) is -0.121. The van der Waals surface area contributed by atoms with Crippen molar-refractivity contribution in [3.05, 3.63) is 16.8 Å². The Labute approximate surface area is 127 Å². The molecule has 112 valence electrons. The molecule has 0 radical (unpaired) electrons. The van der Waals surface area contributed by atoms with Gasteiger partial charge in [0.2, 0.25) is 5.65 Å². The van der Waals surface area contributed by atoms with Gasteiger partial charge in [0.15, 0.2) is 11.4 Å². The summed E-state index contributed by atoms with van der Waals surface area (Å²) in [6.07, 6.45) is 2.20. The Morgan fingerprint density at radius 1 is 1.52 bits per heavy atom. The third-order valence-corrected chi connectivity index (χ3v) is 3.86. The van der Waals surface area contributed by atoms with Gasteiger partial charge in [0.05, 0.1) is 5.56 Å². The van der Waals surface area contributed by atoms with E-state index < -0.39 is 0 Å². The number of fused-ring (bicyclic) bond motifs is 1. The number of aromatic nitrogens is 2. The molecule has 3 heterocycles. The van der Waals surface area contributed by atoms with E-state index in [2.05, 4.69) is 27.2 Å². The van der Waals surface area contributed by atoms with Gasteiger partial charge in [-0.15, -0.1) is 0 Å². The van der Waals surface area contributed by atoms with Crippen molar-refractivity contribution in [3.63, 3.8) is 0 Å². The molecule has 1 N–H and O–H groups in total. The summed E-state index contributed by atoms with van der Waals surface area (Å²) in [6, 6.07) is 2.19. The minimum absolute atomic E-state index is 0.121. The van der Waals surface area contributed by atoms with E-state index in [1.54, 1.807) is 0 Å². The Morgan fingerprint density at radius 3 is 3.05 bits per heavy atom. The minimum atomic E-state index is -0.121. The van der Waals surface area contributed by atoms with Crippen LogP contribution in [0.4, 0.5) is 6.01 Å². The Kier molecular flexibility index (Phi) is 3.82. The first-order chi connectivity index (χ1) is 10.0. The first-order valence-corrected chi connectivity index (χ1v) is 7.34. The van der Waals surface area contributed by atoms with E-state index in [1.807, 2.05) is 0 Å². The number of likely N-dealkylation sites (N-methyl/N-ethyl adjacent to an activating group) is 1. The van der Waals surface area contributed by atoms with Crippen LogP contribution in [0, 0.1) is 0 Å². The fraction of sp³-hybridized carbons (Fsp3) is 0.500. The van der Waals surface area contributed by atoms with Crippen LogP contribution in [0.3, 0.4) is 0 Å². The fourth-order valence-electron chi connectivity index (χ4n) is 2.66. The summed E-state index contributed by atoms with van der Waals surface area (Å²) >= 11 is 5.92. The van der Waals surface area contributed by atoms with Crippen LogP contribution in [-0.2, 0) is 0 Å². The van der Waals surface area contributed by atoms with Crippen molar-refractivity contribution >= 4 is 34.6 Å². The Bertz CT molecular complexity index is 685. The fourth-order valence-corrected chi connectivity index (χ4v) is 2.85. The van der Waals surface area contributed by atoms with Crippen LogP contribution in [0.15, 0.2) is 10.5 Å². The maximum Gasteiger partial charge on any atom is 0.297 e. The molecule has 6 nitrogen and oxygen atoms in total. The van der Waals surface area contributed by atoms with Crippen LogP contribution in [0.25, 0.3) is 11.2 Å². The quantitative estimate of drug-likeness (QED) is 0.694. The minimum Gasteiger partial charge on any atom is -0.421 e. The van der Waals surface area contributed by atoms with Crippen molar-refractivity contribution in [2.24, 2.45) is 0 Å². The van der Waals surface area contributed by atoms with E-state index in [4.69, 9.17) is 16.0 Å². The topological polar surface area (TPSA) is 71.3 Å². The zero-order valence-electron chi connectivity index (χ0n) is 12.0. The summed E-state index contributed by atoms with van der Waals surface area (Å²) in [4.78, 5) is 22.3. The normalized spacial score (nSPS) is 19.9. The van der Waals surface area contributed by atoms with Gasteiger partial charge >= 0.3 is 0 Å². The Hall–Kier alpha value is -1.66. The molecule has 1 aliphatic heterocycles. The number of carbonyl (C=O) groups is 1. The SMILES string of the molecule is CC(=O)c1cc(Cl)nc2nc(N[C@@H]3CCCN(C)C3)oc12. The number of rotatable bonds is 3. The van der Waals surface area contributed by atoms with E-state index in [-0.39, 0.29) is 17.0 Å². The molecular weight excluding hydrogens is 292 g/mol. The highest BCUT2D eigenvalue weighted by Gasteiger charge is 2.21. The molecule has 0 amide bonds. The molecule has 1 saturated heterocycles. The molecule has 0 saturated carbocycles. The van der Waals surface area contributed by atoms with E-state index in [0.29, 0.717) is 22.8 Å². The van der Waals surface area contributed by atoms with E-state index in [9.17, 15) is 4.79 Å². The molecule has 0 unspecified atom stereocenters. The van der Waals surface area contributed by atoms with Crippen molar-refractivity contribution in [3.8, 4) is 0 Å². The largest absolute Gasteiger partial charge is 0.421 e. The van der Waals surface area contributed by atoms with Gasteiger partial charge < -0.3 is 14.6 Å². The molecule has 3 rings (SSSR count). The van der Waals surface area contributed by atoms with Crippen LogP contribution >= 0.6 is 11.6 Å². The molecule has 21 heavy (non-hydrogen) atoms. The number of hydrogen-bond donors (Lipinski definition) is 1. The molecule has 0 bridgehead atoms. The van der Waals surface area contributed by atoms with Crippen molar-refractivity contribution in [1.82, 2.24) is 14.9 Å². The molecular formula is C14H17ClN4O2. The van der Waals surface area contributed by atoms with Gasteiger partial charge in [-0.05, 0) is 39.4 Å². The first kappa shape index (κ1) is 14.3. The molecule has 1 atom stereocenters. The summed E-state index contributed by atoms with van der Waals surface area (Å²) in [6.45, 7) is 3.51. The number of oxazole rings is 1. The molecule has 2 aromatic heterocycles. The highest BCUT2D eigenvalue weighted by molar-refractivity contribution is 6.30. The number of pyridine rings is 1. The number of likely N-dealkylation sites (tertiary alicyclic amines) is 1. The number of halogens is 1. The highest BCUT2D eigenvalue weighted by Crippen LogP contribution is 2.25. The van der Waals surface area contributed by atoms with Gasteiger partial charge in [-0.25, -0.2) is 4.98 Å². The average molecular weight is 309 g/mol. The van der Waals surface area contributed by atoms with Crippen molar-refractivity contribution < 1.29 is 9.21 Å².